The van der Waals surface area contributed by atoms with Crippen LogP contribution >= 0.6 is 0 Å². The predicted molar refractivity (Wildman–Crippen MR) is 316 cm³/mol. The predicted octanol–water partition coefficient (Wildman–Crippen LogP) is 14.9. The fraction of sp³-hybridized carbons (Fsp3) is 0.923. The van der Waals surface area contributed by atoms with Crippen molar-refractivity contribution in [3.8, 4) is 0 Å². The van der Waals surface area contributed by atoms with Crippen molar-refractivity contribution in [1.29, 1.82) is 0 Å². The van der Waals surface area contributed by atoms with Gasteiger partial charge in [0.2, 0.25) is 5.91 Å². The number of aliphatic hydroxyl groups is 7. The molecule has 8 N–H and O–H groups in total. The lowest BCUT2D eigenvalue weighted by Crippen LogP contribution is -2.60. The topological polar surface area (TPSA) is 189 Å². The zero-order chi connectivity index (χ0) is 55.4. The van der Waals surface area contributed by atoms with Gasteiger partial charge in [-0.05, 0) is 51.4 Å². The average molecular weight is 1080 g/mol. The van der Waals surface area contributed by atoms with Gasteiger partial charge in [0.1, 0.15) is 36.6 Å². The fourth-order valence-electron chi connectivity index (χ4n) is 10.7. The second-order valence-electron chi connectivity index (χ2n) is 23.2. The van der Waals surface area contributed by atoms with E-state index < -0.39 is 74.2 Å². The van der Waals surface area contributed by atoms with Gasteiger partial charge in [-0.2, -0.15) is 0 Å². The van der Waals surface area contributed by atoms with E-state index in [1.165, 1.54) is 231 Å². The quantitative estimate of drug-likeness (QED) is 0.0215. The number of rotatable bonds is 57. The second kappa shape index (κ2) is 54.2. The Hall–Kier alpha value is -1.41. The first kappa shape index (κ1) is 72.6. The molecule has 1 aliphatic heterocycles. The maximum absolute atomic E-state index is 13.2. The summed E-state index contributed by atoms with van der Waals surface area (Å²) in [5, 5.41) is 76.3. The molecule has 0 aromatic heterocycles. The van der Waals surface area contributed by atoms with Crippen LogP contribution in [0.15, 0.2) is 24.3 Å². The molecule has 1 heterocycles. The van der Waals surface area contributed by atoms with E-state index in [4.69, 9.17) is 9.47 Å². The van der Waals surface area contributed by atoms with Gasteiger partial charge in [0.15, 0.2) is 6.29 Å². The summed E-state index contributed by atoms with van der Waals surface area (Å²) in [5.41, 5.74) is 0. The molecule has 0 aromatic carbocycles. The van der Waals surface area contributed by atoms with Crippen molar-refractivity contribution in [2.45, 2.75) is 371 Å². The molecule has 0 bridgehead atoms. The molecule has 11 nitrogen and oxygen atoms in total. The second-order valence-corrected chi connectivity index (χ2v) is 23.2. The fourth-order valence-corrected chi connectivity index (χ4v) is 10.7. The molecule has 0 spiro atoms. The highest BCUT2D eigenvalue weighted by molar-refractivity contribution is 5.80. The van der Waals surface area contributed by atoms with Crippen LogP contribution in [-0.2, 0) is 14.3 Å². The standard InChI is InChI=1S/C65H125NO10/c1-3-5-7-9-11-13-15-17-19-21-23-24-25-26-27-28-29-30-31-32-33-35-37-39-41-43-45-47-49-51-53-58(69)64(74)66-56(55-75-65-63(73)62(72)61(71)59(54-67)76-65)60(70)57(68)52-50-48-46-44-42-40-38-36-34-22-20-18-16-14-12-10-8-6-4-2/h36,38,44,46,56-63,65,67-73H,3-35,37,39-43,45,47-55H2,1-2H3,(H,66,74)/b38-36+,46-44+. The first-order chi connectivity index (χ1) is 37.2. The minimum atomic E-state index is -1.67. The van der Waals surface area contributed by atoms with Gasteiger partial charge in [0.05, 0.1) is 25.4 Å². The number of hydrogen-bond donors (Lipinski definition) is 8. The number of nitrogens with one attached hydrogen (secondary N) is 1. The van der Waals surface area contributed by atoms with Gasteiger partial charge in [-0.25, -0.2) is 0 Å². The van der Waals surface area contributed by atoms with Crippen molar-refractivity contribution in [2.75, 3.05) is 13.2 Å². The maximum Gasteiger partial charge on any atom is 0.249 e. The Balaban J connectivity index is 2.22. The summed E-state index contributed by atoms with van der Waals surface area (Å²) in [4.78, 5) is 13.2. The molecule has 9 atom stereocenters. The number of allylic oxidation sites excluding steroid dienone is 4. The molecule has 0 radical (unpaired) electrons. The lowest BCUT2D eigenvalue weighted by molar-refractivity contribution is -0.303. The summed E-state index contributed by atoms with van der Waals surface area (Å²) < 4.78 is 11.2. The first-order valence-corrected chi connectivity index (χ1v) is 32.7. The summed E-state index contributed by atoms with van der Waals surface area (Å²) in [6.07, 6.45) is 55.4. The average Bonchev–Trinajstić information content (AvgIpc) is 3.42. The van der Waals surface area contributed by atoms with Gasteiger partial charge in [0.25, 0.3) is 0 Å². The number of carbonyl (C=O) groups is 1. The third-order valence-corrected chi connectivity index (χ3v) is 16.0. The maximum atomic E-state index is 13.2. The Kier molecular flexibility index (Phi) is 51.8. The van der Waals surface area contributed by atoms with Crippen LogP contribution in [0.1, 0.15) is 316 Å². The van der Waals surface area contributed by atoms with Crippen LogP contribution in [0.25, 0.3) is 0 Å². The number of carbonyl (C=O) groups excluding carboxylic acids is 1. The highest BCUT2D eigenvalue weighted by atomic mass is 16.7. The van der Waals surface area contributed by atoms with Gasteiger partial charge < -0.3 is 50.5 Å². The molecule has 0 aromatic rings. The number of amides is 1. The molecule has 11 heteroatoms. The Morgan fingerprint density at radius 2 is 0.789 bits per heavy atom. The van der Waals surface area contributed by atoms with E-state index in [0.29, 0.717) is 19.3 Å². The van der Waals surface area contributed by atoms with Crippen molar-refractivity contribution < 1.29 is 50.0 Å². The molecular formula is C65H125NO10. The number of hydrogen-bond acceptors (Lipinski definition) is 10. The summed E-state index contributed by atoms with van der Waals surface area (Å²) in [5.74, 6) is -0.704. The summed E-state index contributed by atoms with van der Waals surface area (Å²) in [6.45, 7) is 3.48. The van der Waals surface area contributed by atoms with Crippen molar-refractivity contribution in [1.82, 2.24) is 5.32 Å². The van der Waals surface area contributed by atoms with Crippen molar-refractivity contribution in [2.24, 2.45) is 0 Å². The van der Waals surface area contributed by atoms with Gasteiger partial charge in [-0.3, -0.25) is 4.79 Å². The van der Waals surface area contributed by atoms with Gasteiger partial charge in [-0.1, -0.05) is 289 Å². The Morgan fingerprint density at radius 3 is 1.17 bits per heavy atom. The van der Waals surface area contributed by atoms with Crippen LogP contribution in [0, 0.1) is 0 Å². The molecule has 1 fully saturated rings. The van der Waals surface area contributed by atoms with Gasteiger partial charge >= 0.3 is 0 Å². The molecule has 450 valence electrons. The number of ether oxygens (including phenoxy) is 2. The molecule has 1 aliphatic rings. The monoisotopic (exact) mass is 1080 g/mol. The molecule has 1 saturated heterocycles. The molecule has 9 unspecified atom stereocenters. The summed E-state index contributed by atoms with van der Waals surface area (Å²) in [6, 6.07) is -1.19. The van der Waals surface area contributed by atoms with E-state index in [1.807, 2.05) is 0 Å². The van der Waals surface area contributed by atoms with E-state index in [9.17, 15) is 40.5 Å². The zero-order valence-corrected chi connectivity index (χ0v) is 49.5. The Labute approximate surface area is 467 Å². The van der Waals surface area contributed by atoms with E-state index in [-0.39, 0.29) is 12.8 Å². The summed E-state index contributed by atoms with van der Waals surface area (Å²) in [7, 11) is 0. The highest BCUT2D eigenvalue weighted by Crippen LogP contribution is 2.24. The van der Waals surface area contributed by atoms with Crippen LogP contribution < -0.4 is 5.32 Å². The molecule has 0 saturated carbocycles. The smallest absolute Gasteiger partial charge is 0.249 e. The van der Waals surface area contributed by atoms with Crippen molar-refractivity contribution >= 4 is 5.91 Å². The largest absolute Gasteiger partial charge is 0.394 e. The lowest BCUT2D eigenvalue weighted by atomic mass is 9.98. The first-order valence-electron chi connectivity index (χ1n) is 32.7. The molecule has 1 amide bonds. The summed E-state index contributed by atoms with van der Waals surface area (Å²) >= 11 is 0. The molecular weight excluding hydrogens is 955 g/mol. The van der Waals surface area contributed by atoms with E-state index >= 15 is 0 Å². The van der Waals surface area contributed by atoms with Crippen LogP contribution in [0.5, 0.6) is 0 Å². The van der Waals surface area contributed by atoms with Gasteiger partial charge in [0, 0.05) is 0 Å². The van der Waals surface area contributed by atoms with Crippen LogP contribution in [0.2, 0.25) is 0 Å². The van der Waals surface area contributed by atoms with Crippen molar-refractivity contribution in [3.05, 3.63) is 24.3 Å². The number of unbranched alkanes of at least 4 members (excludes halogenated alkanes) is 41. The SMILES string of the molecule is CCCCCCCCCCCC/C=C/CC/C=C/CCCC(O)C(O)C(COC1OC(CO)C(O)C(O)C1O)NC(=O)C(O)CCCCCCCCCCCCCCCCCCCCCCCCCCCCCCCC. The minimum Gasteiger partial charge on any atom is -0.394 e. The van der Waals surface area contributed by atoms with E-state index in [1.54, 1.807) is 0 Å². The lowest BCUT2D eigenvalue weighted by Gasteiger charge is -2.40. The van der Waals surface area contributed by atoms with Crippen LogP contribution in [0.3, 0.4) is 0 Å². The Morgan fingerprint density at radius 1 is 0.447 bits per heavy atom. The van der Waals surface area contributed by atoms with Crippen LogP contribution in [0.4, 0.5) is 0 Å². The third-order valence-electron chi connectivity index (χ3n) is 16.0. The van der Waals surface area contributed by atoms with Crippen molar-refractivity contribution in [3.63, 3.8) is 0 Å². The third kappa shape index (κ3) is 41.6. The highest BCUT2D eigenvalue weighted by Gasteiger charge is 2.44. The van der Waals surface area contributed by atoms with Crippen LogP contribution in [-0.4, -0.2) is 110 Å². The molecule has 76 heavy (non-hydrogen) atoms. The number of aliphatic hydroxyl groups excluding tert-OH is 7. The van der Waals surface area contributed by atoms with Gasteiger partial charge in [-0.15, -0.1) is 0 Å². The zero-order valence-electron chi connectivity index (χ0n) is 49.5. The minimum absolute atomic E-state index is 0.249. The van der Waals surface area contributed by atoms with E-state index in [2.05, 4.69) is 43.5 Å². The Bertz CT molecular complexity index is 1280. The van der Waals surface area contributed by atoms with E-state index in [0.717, 1.165) is 38.5 Å². The molecule has 0 aliphatic carbocycles. The molecule has 1 rings (SSSR count). The normalized spacial score (nSPS) is 19.7.